The van der Waals surface area contributed by atoms with Gasteiger partial charge in [-0.3, -0.25) is 19.4 Å². The number of ether oxygens (including phenoxy) is 1. The zero-order valence-electron chi connectivity index (χ0n) is 14.7. The Labute approximate surface area is 142 Å². The third-order valence-corrected chi connectivity index (χ3v) is 4.56. The van der Waals surface area contributed by atoms with Crippen molar-refractivity contribution in [3.63, 3.8) is 0 Å². The number of likely N-dealkylation sites (tertiary alicyclic amines) is 1. The molecule has 24 heavy (non-hydrogen) atoms. The lowest BCUT2D eigenvalue weighted by molar-refractivity contribution is -0.148. The molecule has 0 aromatic rings. The summed E-state index contributed by atoms with van der Waals surface area (Å²) in [6, 6.07) is -0.409. The Morgan fingerprint density at radius 2 is 2.12 bits per heavy atom. The molecule has 0 aromatic carbocycles. The highest BCUT2D eigenvalue weighted by molar-refractivity contribution is 5.92. The Balaban J connectivity index is 2.04. The molecule has 0 spiro atoms. The quantitative estimate of drug-likeness (QED) is 0.668. The second-order valence-corrected chi connectivity index (χ2v) is 6.68. The van der Waals surface area contributed by atoms with Crippen LogP contribution in [0.15, 0.2) is 16.8 Å². The molecule has 132 valence electrons. The lowest BCUT2D eigenvalue weighted by Gasteiger charge is -2.26. The maximum Gasteiger partial charge on any atom is 0.309 e. The lowest BCUT2D eigenvalue weighted by atomic mass is 9.93. The van der Waals surface area contributed by atoms with E-state index in [0.717, 1.165) is 18.5 Å². The fraction of sp³-hybridized carbons (Fsp3) is 0.667. The summed E-state index contributed by atoms with van der Waals surface area (Å²) in [5.74, 6) is -1.12. The van der Waals surface area contributed by atoms with Crippen LogP contribution in [0.5, 0.6) is 0 Å². The number of Topliss-reactive ketones (excluding diaryl/α,β-unsaturated/α-hetero) is 1. The number of nitrogens with zero attached hydrogens (tertiary/aromatic N) is 2. The highest BCUT2D eigenvalue weighted by Crippen LogP contribution is 2.26. The number of hydrogen-bond acceptors (Lipinski definition) is 5. The van der Waals surface area contributed by atoms with Crippen LogP contribution in [0.1, 0.15) is 46.0 Å². The first kappa shape index (κ1) is 18.4. The fourth-order valence-corrected chi connectivity index (χ4v) is 3.28. The maximum absolute atomic E-state index is 12.7. The highest BCUT2D eigenvalue weighted by Gasteiger charge is 2.36. The summed E-state index contributed by atoms with van der Waals surface area (Å²) < 4.78 is 4.85. The molecule has 2 heterocycles. The van der Waals surface area contributed by atoms with Crippen LogP contribution in [0, 0.1) is 11.8 Å². The second kappa shape index (κ2) is 8.22. The molecule has 0 bridgehead atoms. The Bertz CT molecular complexity index is 565. The van der Waals surface area contributed by atoms with Crippen molar-refractivity contribution < 1.29 is 19.1 Å². The summed E-state index contributed by atoms with van der Waals surface area (Å²) in [4.78, 5) is 42.9. The number of aliphatic imine (C=N–C) groups is 1. The largest absolute Gasteiger partial charge is 0.469 e. The van der Waals surface area contributed by atoms with E-state index in [9.17, 15) is 14.4 Å². The van der Waals surface area contributed by atoms with Crippen LogP contribution in [0.2, 0.25) is 0 Å². The van der Waals surface area contributed by atoms with Crippen molar-refractivity contribution in [1.82, 2.24) is 4.90 Å². The van der Waals surface area contributed by atoms with E-state index in [2.05, 4.69) is 4.99 Å². The zero-order chi connectivity index (χ0) is 17.7. The summed E-state index contributed by atoms with van der Waals surface area (Å²) in [6.45, 7) is 4.29. The van der Waals surface area contributed by atoms with Crippen LogP contribution in [0.25, 0.3) is 0 Å². The van der Waals surface area contributed by atoms with Crippen molar-refractivity contribution in [1.29, 1.82) is 0 Å². The molecule has 6 heteroatoms. The normalized spacial score (nSPS) is 21.1. The molecule has 0 saturated carbocycles. The van der Waals surface area contributed by atoms with Crippen LogP contribution in [0.3, 0.4) is 0 Å². The van der Waals surface area contributed by atoms with Gasteiger partial charge in [0.25, 0.3) is 0 Å². The molecular formula is C18H26N2O4. The van der Waals surface area contributed by atoms with Gasteiger partial charge in [0.15, 0.2) is 5.78 Å². The van der Waals surface area contributed by atoms with Gasteiger partial charge in [-0.2, -0.15) is 0 Å². The van der Waals surface area contributed by atoms with Crippen LogP contribution in [-0.2, 0) is 19.1 Å². The second-order valence-electron chi connectivity index (χ2n) is 6.68. The van der Waals surface area contributed by atoms with E-state index < -0.39 is 17.9 Å². The average Bonchev–Trinajstić information content (AvgIpc) is 3.23. The topological polar surface area (TPSA) is 76.0 Å². The van der Waals surface area contributed by atoms with Gasteiger partial charge in [0.05, 0.1) is 19.1 Å². The fourth-order valence-electron chi connectivity index (χ4n) is 3.28. The number of esters is 1. The van der Waals surface area contributed by atoms with Gasteiger partial charge in [0.2, 0.25) is 5.91 Å². The van der Waals surface area contributed by atoms with Crippen LogP contribution in [-0.4, -0.2) is 48.5 Å². The van der Waals surface area contributed by atoms with Gasteiger partial charge in [-0.15, -0.1) is 0 Å². The van der Waals surface area contributed by atoms with E-state index in [-0.39, 0.29) is 24.0 Å². The molecule has 1 saturated heterocycles. The van der Waals surface area contributed by atoms with Crippen molar-refractivity contribution in [2.24, 2.45) is 16.8 Å². The van der Waals surface area contributed by atoms with Gasteiger partial charge in [-0.25, -0.2) is 0 Å². The van der Waals surface area contributed by atoms with E-state index >= 15 is 0 Å². The van der Waals surface area contributed by atoms with Gasteiger partial charge in [-0.1, -0.05) is 19.9 Å². The number of rotatable bonds is 7. The molecule has 2 rings (SSSR count). The predicted molar refractivity (Wildman–Crippen MR) is 90.5 cm³/mol. The van der Waals surface area contributed by atoms with Crippen molar-refractivity contribution >= 4 is 23.9 Å². The molecule has 0 aliphatic carbocycles. The van der Waals surface area contributed by atoms with Crippen LogP contribution in [0.4, 0.5) is 0 Å². The minimum Gasteiger partial charge on any atom is -0.469 e. The summed E-state index contributed by atoms with van der Waals surface area (Å²) in [5.41, 5.74) is 0.819. The molecule has 0 N–H and O–H groups in total. The first-order valence-corrected chi connectivity index (χ1v) is 8.56. The number of ketones is 1. The standard InChI is InChI=1S/C18H26N2O4/c1-12(2)17(22)20-9-5-7-15(20)16(21)11-13(18(23)24-3)10-14-6-4-8-19-14/h6,8,12-13,15H,4-5,7,9-11H2,1-3H3/t13-,15+/m1/s1. The number of amides is 1. The molecular weight excluding hydrogens is 308 g/mol. The van der Waals surface area contributed by atoms with E-state index in [4.69, 9.17) is 4.74 Å². The first-order valence-electron chi connectivity index (χ1n) is 8.56. The third-order valence-electron chi connectivity index (χ3n) is 4.56. The summed E-state index contributed by atoms with van der Waals surface area (Å²) in [7, 11) is 1.33. The molecule has 2 aliphatic rings. The number of allylic oxidation sites excluding steroid dienone is 2. The number of carbonyl (C=O) groups is 3. The van der Waals surface area contributed by atoms with E-state index in [1.54, 1.807) is 11.1 Å². The molecule has 0 aromatic heterocycles. The van der Waals surface area contributed by atoms with Crippen molar-refractivity contribution in [2.75, 3.05) is 13.7 Å². The smallest absolute Gasteiger partial charge is 0.309 e. The van der Waals surface area contributed by atoms with Crippen LogP contribution >= 0.6 is 0 Å². The molecule has 1 amide bonds. The molecule has 0 unspecified atom stereocenters. The Morgan fingerprint density at radius 1 is 1.38 bits per heavy atom. The van der Waals surface area contributed by atoms with E-state index in [1.807, 2.05) is 19.9 Å². The van der Waals surface area contributed by atoms with Gasteiger partial charge in [0, 0.05) is 43.6 Å². The average molecular weight is 334 g/mol. The summed E-state index contributed by atoms with van der Waals surface area (Å²) >= 11 is 0. The van der Waals surface area contributed by atoms with Crippen molar-refractivity contribution in [3.05, 3.63) is 11.8 Å². The lowest BCUT2D eigenvalue weighted by Crippen LogP contribution is -2.43. The Morgan fingerprint density at radius 3 is 2.71 bits per heavy atom. The predicted octanol–water partition coefficient (Wildman–Crippen LogP) is 2.13. The molecule has 0 radical (unpaired) electrons. The van der Waals surface area contributed by atoms with E-state index in [1.165, 1.54) is 7.11 Å². The number of hydrogen-bond donors (Lipinski definition) is 0. The Hall–Kier alpha value is -1.98. The molecule has 2 aliphatic heterocycles. The minimum absolute atomic E-state index is 0.00330. The monoisotopic (exact) mass is 334 g/mol. The van der Waals surface area contributed by atoms with Gasteiger partial charge in [0.1, 0.15) is 0 Å². The molecule has 2 atom stereocenters. The number of carbonyl (C=O) groups excluding carboxylic acids is 3. The number of methoxy groups -OCH3 is 1. The molecule has 1 fully saturated rings. The third kappa shape index (κ3) is 4.30. The first-order chi connectivity index (χ1) is 11.4. The van der Waals surface area contributed by atoms with Crippen LogP contribution < -0.4 is 0 Å². The Kier molecular flexibility index (Phi) is 6.29. The highest BCUT2D eigenvalue weighted by atomic mass is 16.5. The van der Waals surface area contributed by atoms with Gasteiger partial charge >= 0.3 is 5.97 Å². The summed E-state index contributed by atoms with van der Waals surface area (Å²) in [6.07, 6.45) is 6.48. The summed E-state index contributed by atoms with van der Waals surface area (Å²) in [5, 5.41) is 0. The zero-order valence-corrected chi connectivity index (χ0v) is 14.7. The van der Waals surface area contributed by atoms with Crippen molar-refractivity contribution in [2.45, 2.75) is 52.0 Å². The SMILES string of the molecule is COC(=O)[C@@H](CC(=O)[C@@H]1CCCN1C(=O)C(C)C)CC1=CCC=N1. The van der Waals surface area contributed by atoms with Gasteiger partial charge < -0.3 is 9.64 Å². The minimum atomic E-state index is -0.541. The van der Waals surface area contributed by atoms with Gasteiger partial charge in [-0.05, 0) is 12.8 Å². The maximum atomic E-state index is 12.7. The molecule has 6 nitrogen and oxygen atoms in total. The van der Waals surface area contributed by atoms with E-state index in [0.29, 0.717) is 19.4 Å². The van der Waals surface area contributed by atoms with Crippen molar-refractivity contribution in [3.8, 4) is 0 Å².